The van der Waals surface area contributed by atoms with E-state index in [0.717, 1.165) is 36.9 Å². The first kappa shape index (κ1) is 23.9. The maximum atomic E-state index is 12.8. The lowest BCUT2D eigenvalue weighted by Gasteiger charge is -2.19. The first-order valence-corrected chi connectivity index (χ1v) is 11.8. The van der Waals surface area contributed by atoms with Crippen LogP contribution in [0.2, 0.25) is 0 Å². The van der Waals surface area contributed by atoms with Gasteiger partial charge in [-0.25, -0.2) is 4.98 Å². The molecule has 1 aromatic heterocycles. The van der Waals surface area contributed by atoms with Gasteiger partial charge in [-0.15, -0.1) is 0 Å². The van der Waals surface area contributed by atoms with Crippen molar-refractivity contribution >= 4 is 11.6 Å². The number of hydrogen-bond donors (Lipinski definition) is 2. The third-order valence-corrected chi connectivity index (χ3v) is 7.13. The second kappa shape index (κ2) is 10.3. The molecule has 5 rings (SSSR count). The highest BCUT2D eigenvalue weighted by Crippen LogP contribution is 2.40. The van der Waals surface area contributed by atoms with E-state index in [9.17, 15) is 14.7 Å². The van der Waals surface area contributed by atoms with Gasteiger partial charge in [0.05, 0.1) is 6.10 Å². The normalized spacial score (nSPS) is 22.0. The van der Waals surface area contributed by atoms with Crippen LogP contribution < -0.4 is 10.9 Å². The van der Waals surface area contributed by atoms with Gasteiger partial charge in [0, 0.05) is 24.4 Å². The number of amides is 1. The van der Waals surface area contributed by atoms with Crippen molar-refractivity contribution in [2.24, 2.45) is 11.8 Å². The Labute approximate surface area is 200 Å². The van der Waals surface area contributed by atoms with Gasteiger partial charge < -0.3 is 10.4 Å². The van der Waals surface area contributed by atoms with Crippen LogP contribution in [0.25, 0.3) is 0 Å². The maximum absolute atomic E-state index is 12.8. The number of aliphatic hydroxyl groups excluding tert-OH is 1. The van der Waals surface area contributed by atoms with E-state index >= 15 is 0 Å². The number of nitrogens with one attached hydrogen (secondary N) is 1. The van der Waals surface area contributed by atoms with Gasteiger partial charge in [0.15, 0.2) is 0 Å². The van der Waals surface area contributed by atoms with E-state index in [1.54, 1.807) is 0 Å². The molecule has 2 N–H and O–H groups in total. The molecule has 6 nitrogen and oxygen atoms in total. The van der Waals surface area contributed by atoms with Gasteiger partial charge in [-0.1, -0.05) is 49.9 Å². The molecule has 3 aromatic rings. The summed E-state index contributed by atoms with van der Waals surface area (Å²) < 4.78 is 1.50. The molecule has 1 aliphatic carbocycles. The molecule has 1 amide bonds. The Morgan fingerprint density at radius 1 is 1.06 bits per heavy atom. The Morgan fingerprint density at radius 3 is 2.59 bits per heavy atom. The lowest BCUT2D eigenvalue weighted by Crippen LogP contribution is -2.31. The minimum Gasteiger partial charge on any atom is -0.388 e. The molecule has 2 aliphatic rings. The summed E-state index contributed by atoms with van der Waals surface area (Å²) in [7, 11) is 0. The van der Waals surface area contributed by atoms with Crippen LogP contribution in [0.4, 0.5) is 5.69 Å². The van der Waals surface area contributed by atoms with Crippen molar-refractivity contribution in [3.8, 4) is 0 Å². The largest absolute Gasteiger partial charge is 0.388 e. The molecular formula is C28H33N3O3. The summed E-state index contributed by atoms with van der Waals surface area (Å²) in [5, 5.41) is 13.7. The molecular weight excluding hydrogens is 426 g/mol. The molecule has 1 fully saturated rings. The van der Waals surface area contributed by atoms with Crippen molar-refractivity contribution < 1.29 is 9.90 Å². The minimum absolute atomic E-state index is 0. The van der Waals surface area contributed by atoms with Crippen LogP contribution in [-0.4, -0.2) is 20.6 Å². The standard InChI is InChI=1S/C27H29N3O3.CH4/c31-25-14-15-28-24-13-12-23(30(24)25)27(33)29-22-10-7-18(8-11-22)16-19-6-9-21(17-19)26(32)20-4-2-1-3-5-20;/h1-5,7-8,10-11,14-15,19,21,23,26,32H,6,9,12-13,16-17H2,(H,29,33);1H4/t19-,21-,23-,26+;/m0./s1. The minimum atomic E-state index is -0.507. The topological polar surface area (TPSA) is 84.2 Å². The molecule has 4 atom stereocenters. The van der Waals surface area contributed by atoms with Gasteiger partial charge in [-0.2, -0.15) is 0 Å². The lowest BCUT2D eigenvalue weighted by molar-refractivity contribution is -0.119. The fourth-order valence-electron chi connectivity index (χ4n) is 5.41. The maximum Gasteiger partial charge on any atom is 0.254 e. The molecule has 0 saturated heterocycles. The molecule has 0 unspecified atom stereocenters. The van der Waals surface area contributed by atoms with Crippen molar-refractivity contribution in [1.82, 2.24) is 9.55 Å². The van der Waals surface area contributed by atoms with Gasteiger partial charge in [0.1, 0.15) is 11.9 Å². The highest BCUT2D eigenvalue weighted by molar-refractivity contribution is 5.94. The Hall–Kier alpha value is -3.25. The van der Waals surface area contributed by atoms with Crippen LogP contribution in [0.5, 0.6) is 0 Å². The van der Waals surface area contributed by atoms with Crippen LogP contribution in [0.1, 0.15) is 62.2 Å². The van der Waals surface area contributed by atoms with Crippen molar-refractivity contribution in [3.63, 3.8) is 0 Å². The van der Waals surface area contributed by atoms with Crippen molar-refractivity contribution in [2.45, 2.75) is 58.1 Å². The predicted octanol–water partition coefficient (Wildman–Crippen LogP) is 4.70. The Morgan fingerprint density at radius 2 is 1.82 bits per heavy atom. The second-order valence-corrected chi connectivity index (χ2v) is 9.31. The van der Waals surface area contributed by atoms with Crippen molar-refractivity contribution in [2.75, 3.05) is 5.32 Å². The van der Waals surface area contributed by atoms with E-state index in [1.165, 1.54) is 22.4 Å². The van der Waals surface area contributed by atoms with Gasteiger partial charge in [-0.05, 0) is 67.2 Å². The molecule has 0 bridgehead atoms. The quantitative estimate of drug-likeness (QED) is 0.560. The van der Waals surface area contributed by atoms with Crippen LogP contribution in [0.15, 0.2) is 71.7 Å². The number of rotatable bonds is 6. The molecule has 178 valence electrons. The number of aliphatic hydroxyl groups is 1. The summed E-state index contributed by atoms with van der Waals surface area (Å²) in [4.78, 5) is 29.2. The number of nitrogens with zero attached hydrogens (tertiary/aromatic N) is 2. The fraction of sp³-hybridized carbons (Fsp3) is 0.393. The average Bonchev–Trinajstić information content (AvgIpc) is 3.49. The summed E-state index contributed by atoms with van der Waals surface area (Å²) in [6, 6.07) is 18.8. The van der Waals surface area contributed by atoms with Gasteiger partial charge >= 0.3 is 0 Å². The number of anilines is 1. The Balaban J connectivity index is 0.00000274. The van der Waals surface area contributed by atoms with Crippen LogP contribution in [0.3, 0.4) is 0 Å². The predicted molar refractivity (Wildman–Crippen MR) is 134 cm³/mol. The highest BCUT2D eigenvalue weighted by atomic mass is 16.3. The zero-order chi connectivity index (χ0) is 22.8. The summed E-state index contributed by atoms with van der Waals surface area (Å²) in [6.07, 6.45) is 6.51. The number of fused-ring (bicyclic) bond motifs is 1. The zero-order valence-corrected chi connectivity index (χ0v) is 18.6. The SMILES string of the molecule is C.O=C(Nc1ccc(C[C@@H]2CC[C@H]([C@H](O)c3ccccc3)C2)cc1)[C@@H]1CCc2nccc(=O)n21. The molecule has 0 spiro atoms. The molecule has 1 saturated carbocycles. The number of benzene rings is 2. The monoisotopic (exact) mass is 459 g/mol. The Bertz CT molecular complexity index is 1170. The van der Waals surface area contributed by atoms with Gasteiger partial charge in [-0.3, -0.25) is 14.2 Å². The first-order valence-electron chi connectivity index (χ1n) is 11.8. The smallest absolute Gasteiger partial charge is 0.254 e. The van der Waals surface area contributed by atoms with E-state index < -0.39 is 12.1 Å². The molecule has 1 aliphatic heterocycles. The summed E-state index contributed by atoms with van der Waals surface area (Å²) in [6.45, 7) is 0. The van der Waals surface area contributed by atoms with Gasteiger partial charge in [0.25, 0.3) is 5.56 Å². The third-order valence-electron chi connectivity index (χ3n) is 7.13. The Kier molecular flexibility index (Phi) is 7.27. The van der Waals surface area contributed by atoms with Crippen molar-refractivity contribution in [3.05, 3.63) is 94.2 Å². The molecule has 2 heterocycles. The van der Waals surface area contributed by atoms with E-state index in [0.29, 0.717) is 30.5 Å². The summed E-state index contributed by atoms with van der Waals surface area (Å²) in [5.74, 6) is 1.36. The van der Waals surface area contributed by atoms with Gasteiger partial charge in [0.2, 0.25) is 5.91 Å². The molecule has 34 heavy (non-hydrogen) atoms. The zero-order valence-electron chi connectivity index (χ0n) is 18.6. The molecule has 0 radical (unpaired) electrons. The number of carbonyl (C=O) groups excluding carboxylic acids is 1. The molecule has 6 heteroatoms. The van der Waals surface area contributed by atoms with Crippen molar-refractivity contribution in [1.29, 1.82) is 0 Å². The fourth-order valence-corrected chi connectivity index (χ4v) is 5.41. The highest BCUT2D eigenvalue weighted by Gasteiger charge is 2.31. The van der Waals surface area contributed by atoms with Crippen LogP contribution in [-0.2, 0) is 17.6 Å². The first-order chi connectivity index (χ1) is 16.1. The average molecular weight is 460 g/mol. The number of aryl methyl sites for hydroxylation is 1. The third kappa shape index (κ3) is 4.97. The van der Waals surface area contributed by atoms with E-state index in [1.807, 2.05) is 42.5 Å². The number of carbonyl (C=O) groups is 1. The van der Waals surface area contributed by atoms with Crippen LogP contribution in [0, 0.1) is 11.8 Å². The van der Waals surface area contributed by atoms with E-state index in [-0.39, 0.29) is 18.9 Å². The molecule has 2 aromatic carbocycles. The van der Waals surface area contributed by atoms with E-state index in [4.69, 9.17) is 0 Å². The number of aromatic nitrogens is 2. The summed E-state index contributed by atoms with van der Waals surface area (Å²) in [5.41, 5.74) is 2.80. The van der Waals surface area contributed by atoms with Crippen LogP contribution >= 0.6 is 0 Å². The van der Waals surface area contributed by atoms with E-state index in [2.05, 4.69) is 22.4 Å². The lowest BCUT2D eigenvalue weighted by atomic mass is 9.91. The number of hydrogen-bond acceptors (Lipinski definition) is 4. The second-order valence-electron chi connectivity index (χ2n) is 9.31. The summed E-state index contributed by atoms with van der Waals surface area (Å²) >= 11 is 0.